The van der Waals surface area contributed by atoms with Crippen LogP contribution in [0.15, 0.2) is 48.5 Å². The monoisotopic (exact) mass is 257 g/mol. The van der Waals surface area contributed by atoms with Crippen molar-refractivity contribution in [1.82, 2.24) is 5.32 Å². The summed E-state index contributed by atoms with van der Waals surface area (Å²) in [4.78, 5) is 0. The summed E-state index contributed by atoms with van der Waals surface area (Å²) in [5.41, 5.74) is 3.57. The number of hydrogen-bond acceptors (Lipinski definition) is 1. The molecule has 0 saturated heterocycles. The van der Waals surface area contributed by atoms with Crippen LogP contribution < -0.4 is 5.32 Å². The van der Waals surface area contributed by atoms with Gasteiger partial charge >= 0.3 is 0 Å². The SMILES string of the molecule is Clc1cc(-c2ccccc2)ccc1CNC1CC1. The second-order valence-electron chi connectivity index (χ2n) is 4.83. The van der Waals surface area contributed by atoms with E-state index in [1.807, 2.05) is 18.2 Å². The van der Waals surface area contributed by atoms with Crippen LogP contribution in [-0.4, -0.2) is 6.04 Å². The molecule has 0 amide bonds. The summed E-state index contributed by atoms with van der Waals surface area (Å²) in [5, 5.41) is 4.34. The Balaban J connectivity index is 1.79. The van der Waals surface area contributed by atoms with E-state index in [0.717, 1.165) is 17.6 Å². The molecule has 0 bridgehead atoms. The summed E-state index contributed by atoms with van der Waals surface area (Å²) < 4.78 is 0. The van der Waals surface area contributed by atoms with Crippen LogP contribution in [0, 0.1) is 0 Å². The zero-order chi connectivity index (χ0) is 12.4. The third kappa shape index (κ3) is 2.74. The first-order valence-electron chi connectivity index (χ1n) is 6.40. The average molecular weight is 258 g/mol. The van der Waals surface area contributed by atoms with E-state index in [4.69, 9.17) is 11.6 Å². The largest absolute Gasteiger partial charge is 0.310 e. The molecule has 0 atom stereocenters. The van der Waals surface area contributed by atoms with Gasteiger partial charge in [0, 0.05) is 17.6 Å². The highest BCUT2D eigenvalue weighted by Crippen LogP contribution is 2.26. The first-order valence-corrected chi connectivity index (χ1v) is 6.78. The van der Waals surface area contributed by atoms with E-state index in [1.54, 1.807) is 0 Å². The van der Waals surface area contributed by atoms with Gasteiger partial charge in [0.1, 0.15) is 0 Å². The van der Waals surface area contributed by atoms with Gasteiger partial charge < -0.3 is 5.32 Å². The Bertz CT molecular complexity index is 532. The topological polar surface area (TPSA) is 12.0 Å². The number of hydrogen-bond donors (Lipinski definition) is 1. The molecule has 0 unspecified atom stereocenters. The number of benzene rings is 2. The van der Waals surface area contributed by atoms with Crippen molar-refractivity contribution < 1.29 is 0 Å². The molecule has 0 aromatic heterocycles. The molecule has 0 radical (unpaired) electrons. The van der Waals surface area contributed by atoms with Gasteiger partial charge in [0.2, 0.25) is 0 Å². The Morgan fingerprint density at radius 2 is 1.78 bits per heavy atom. The Labute approximate surface area is 113 Å². The van der Waals surface area contributed by atoms with Gasteiger partial charge in [0.05, 0.1) is 0 Å². The maximum absolute atomic E-state index is 6.34. The Hall–Kier alpha value is -1.31. The third-order valence-electron chi connectivity index (χ3n) is 3.32. The number of halogens is 1. The van der Waals surface area contributed by atoms with E-state index in [0.29, 0.717) is 0 Å². The second kappa shape index (κ2) is 5.13. The van der Waals surface area contributed by atoms with Crippen LogP contribution in [0.5, 0.6) is 0 Å². The molecule has 1 aliphatic rings. The van der Waals surface area contributed by atoms with Crippen LogP contribution in [0.25, 0.3) is 11.1 Å². The van der Waals surface area contributed by atoms with E-state index in [-0.39, 0.29) is 0 Å². The van der Waals surface area contributed by atoms with Crippen molar-refractivity contribution >= 4 is 11.6 Å². The predicted octanol–water partition coefficient (Wildman–Crippen LogP) is 4.26. The summed E-state index contributed by atoms with van der Waals surface area (Å²) in [7, 11) is 0. The van der Waals surface area contributed by atoms with Gasteiger partial charge in [-0.05, 0) is 35.6 Å². The van der Waals surface area contributed by atoms with E-state index in [1.165, 1.54) is 29.5 Å². The van der Waals surface area contributed by atoms with Crippen molar-refractivity contribution in [1.29, 1.82) is 0 Å². The standard InChI is InChI=1S/C16H16ClN/c17-16-10-13(12-4-2-1-3-5-12)6-7-14(16)11-18-15-8-9-15/h1-7,10,15,18H,8-9,11H2. The minimum atomic E-state index is 0.717. The molecule has 2 aromatic carbocycles. The molecule has 3 rings (SSSR count). The van der Waals surface area contributed by atoms with E-state index < -0.39 is 0 Å². The van der Waals surface area contributed by atoms with Crippen molar-refractivity contribution in [3.05, 3.63) is 59.1 Å². The van der Waals surface area contributed by atoms with Gasteiger partial charge in [0.15, 0.2) is 0 Å². The minimum Gasteiger partial charge on any atom is -0.310 e. The van der Waals surface area contributed by atoms with Crippen molar-refractivity contribution in [2.75, 3.05) is 0 Å². The van der Waals surface area contributed by atoms with E-state index >= 15 is 0 Å². The lowest BCUT2D eigenvalue weighted by atomic mass is 10.0. The quantitative estimate of drug-likeness (QED) is 0.863. The van der Waals surface area contributed by atoms with Gasteiger partial charge in [-0.15, -0.1) is 0 Å². The smallest absolute Gasteiger partial charge is 0.0457 e. The highest BCUT2D eigenvalue weighted by Gasteiger charge is 2.20. The summed E-state index contributed by atoms with van der Waals surface area (Å²) in [6, 6.07) is 17.4. The maximum Gasteiger partial charge on any atom is 0.0457 e. The molecule has 1 N–H and O–H groups in total. The summed E-state index contributed by atoms with van der Waals surface area (Å²) >= 11 is 6.34. The van der Waals surface area contributed by atoms with Crippen LogP contribution in [0.3, 0.4) is 0 Å². The fraction of sp³-hybridized carbons (Fsp3) is 0.250. The summed E-state index contributed by atoms with van der Waals surface area (Å²) in [6.07, 6.45) is 2.61. The van der Waals surface area contributed by atoms with Gasteiger partial charge in [-0.1, -0.05) is 54.1 Å². The highest BCUT2D eigenvalue weighted by molar-refractivity contribution is 6.31. The number of rotatable bonds is 4. The van der Waals surface area contributed by atoms with Crippen molar-refractivity contribution in [2.45, 2.75) is 25.4 Å². The molecule has 1 fully saturated rings. The molecule has 0 heterocycles. The van der Waals surface area contributed by atoms with E-state index in [2.05, 4.69) is 35.6 Å². The first kappa shape index (κ1) is 11.8. The second-order valence-corrected chi connectivity index (χ2v) is 5.23. The van der Waals surface area contributed by atoms with Gasteiger partial charge in [-0.3, -0.25) is 0 Å². The molecular formula is C16H16ClN. The third-order valence-corrected chi connectivity index (χ3v) is 3.67. The highest BCUT2D eigenvalue weighted by atomic mass is 35.5. The van der Waals surface area contributed by atoms with Crippen molar-refractivity contribution in [2.24, 2.45) is 0 Å². The fourth-order valence-electron chi connectivity index (χ4n) is 2.04. The number of nitrogens with one attached hydrogen (secondary N) is 1. The van der Waals surface area contributed by atoms with Crippen LogP contribution >= 0.6 is 11.6 Å². The Morgan fingerprint density at radius 1 is 1.00 bits per heavy atom. The van der Waals surface area contributed by atoms with Crippen LogP contribution in [0.4, 0.5) is 0 Å². The molecule has 2 heteroatoms. The molecule has 0 aliphatic heterocycles. The van der Waals surface area contributed by atoms with Crippen molar-refractivity contribution in [3.8, 4) is 11.1 Å². The minimum absolute atomic E-state index is 0.717. The van der Waals surface area contributed by atoms with E-state index in [9.17, 15) is 0 Å². The van der Waals surface area contributed by atoms with Crippen LogP contribution in [0.1, 0.15) is 18.4 Å². The summed E-state index contributed by atoms with van der Waals surface area (Å²) in [6.45, 7) is 0.874. The van der Waals surface area contributed by atoms with Gasteiger partial charge in [-0.25, -0.2) is 0 Å². The molecule has 1 aliphatic carbocycles. The lowest BCUT2D eigenvalue weighted by Gasteiger charge is -2.08. The predicted molar refractivity (Wildman–Crippen MR) is 76.7 cm³/mol. The zero-order valence-corrected chi connectivity index (χ0v) is 11.0. The van der Waals surface area contributed by atoms with Crippen LogP contribution in [0.2, 0.25) is 5.02 Å². The van der Waals surface area contributed by atoms with Crippen molar-refractivity contribution in [3.63, 3.8) is 0 Å². The normalized spacial score (nSPS) is 14.7. The molecule has 0 spiro atoms. The fourth-order valence-corrected chi connectivity index (χ4v) is 2.29. The zero-order valence-electron chi connectivity index (χ0n) is 10.2. The summed E-state index contributed by atoms with van der Waals surface area (Å²) in [5.74, 6) is 0. The molecule has 1 saturated carbocycles. The lowest BCUT2D eigenvalue weighted by Crippen LogP contribution is -2.15. The Morgan fingerprint density at radius 3 is 2.44 bits per heavy atom. The molecule has 1 nitrogen and oxygen atoms in total. The maximum atomic E-state index is 6.34. The molecule has 2 aromatic rings. The molecule has 92 valence electrons. The van der Waals surface area contributed by atoms with Gasteiger partial charge in [-0.2, -0.15) is 0 Å². The molecular weight excluding hydrogens is 242 g/mol. The average Bonchev–Trinajstić information content (AvgIpc) is 3.22. The Kier molecular flexibility index (Phi) is 3.35. The van der Waals surface area contributed by atoms with Gasteiger partial charge in [0.25, 0.3) is 0 Å². The van der Waals surface area contributed by atoms with Crippen LogP contribution in [-0.2, 0) is 6.54 Å². The first-order chi connectivity index (χ1) is 8.83. The lowest BCUT2D eigenvalue weighted by molar-refractivity contribution is 0.688. The molecule has 18 heavy (non-hydrogen) atoms.